The predicted molar refractivity (Wildman–Crippen MR) is 97.8 cm³/mol. The number of benzene rings is 2. The topological polar surface area (TPSA) is 46.2 Å². The number of thiocarbonyl (C=S) groups is 1. The van der Waals surface area contributed by atoms with Gasteiger partial charge in [0.15, 0.2) is 5.11 Å². The average Bonchev–Trinajstić information content (AvgIpc) is 2.61. The lowest BCUT2D eigenvalue weighted by Gasteiger charge is -2.14. The van der Waals surface area contributed by atoms with Crippen molar-refractivity contribution in [2.24, 2.45) is 0 Å². The minimum atomic E-state index is -0.258. The highest BCUT2D eigenvalue weighted by Gasteiger charge is 2.09. The number of anilines is 1. The monoisotopic (exact) mass is 341 g/mol. The molecule has 6 heteroatoms. The van der Waals surface area contributed by atoms with E-state index >= 15 is 0 Å². The molecule has 24 heavy (non-hydrogen) atoms. The molecule has 3 aromatic rings. The van der Waals surface area contributed by atoms with Gasteiger partial charge in [-0.3, -0.25) is 4.98 Å². The third-order valence-corrected chi connectivity index (χ3v) is 3.84. The van der Waals surface area contributed by atoms with E-state index < -0.39 is 0 Å². The zero-order valence-corrected chi connectivity index (χ0v) is 13.9. The molecule has 0 aliphatic rings. The van der Waals surface area contributed by atoms with Gasteiger partial charge in [-0.2, -0.15) is 0 Å². The Morgan fingerprint density at radius 3 is 2.79 bits per heavy atom. The smallest absolute Gasteiger partial charge is 0.171 e. The largest absolute Gasteiger partial charge is 0.494 e. The number of hydrogen-bond donors (Lipinski definition) is 2. The van der Waals surface area contributed by atoms with Crippen LogP contribution >= 0.6 is 12.2 Å². The van der Waals surface area contributed by atoms with E-state index in [1.54, 1.807) is 31.5 Å². The summed E-state index contributed by atoms with van der Waals surface area (Å²) in [7, 11) is 1.61. The van der Waals surface area contributed by atoms with Crippen molar-refractivity contribution in [3.63, 3.8) is 0 Å². The SMILES string of the molecule is COc1ccc(NC(=S)NCc2ccccc2F)c2cccnc12. The van der Waals surface area contributed by atoms with E-state index in [-0.39, 0.29) is 5.82 Å². The Labute approximate surface area is 144 Å². The zero-order valence-electron chi connectivity index (χ0n) is 13.0. The van der Waals surface area contributed by atoms with E-state index in [0.717, 1.165) is 16.6 Å². The van der Waals surface area contributed by atoms with Crippen molar-refractivity contribution in [3.8, 4) is 5.75 Å². The molecule has 0 unspecified atom stereocenters. The summed E-state index contributed by atoms with van der Waals surface area (Å²) >= 11 is 5.31. The molecule has 0 atom stereocenters. The van der Waals surface area contributed by atoms with Crippen LogP contribution in [0.5, 0.6) is 5.75 Å². The number of rotatable bonds is 4. The fourth-order valence-electron chi connectivity index (χ4n) is 2.40. The first kappa shape index (κ1) is 16.1. The van der Waals surface area contributed by atoms with Crippen molar-refractivity contribution >= 4 is 33.9 Å². The lowest BCUT2D eigenvalue weighted by atomic mass is 10.1. The molecular formula is C18H16FN3OS. The fourth-order valence-corrected chi connectivity index (χ4v) is 2.59. The van der Waals surface area contributed by atoms with Crippen LogP contribution in [0.15, 0.2) is 54.7 Å². The summed E-state index contributed by atoms with van der Waals surface area (Å²) in [5.74, 6) is 0.438. The Morgan fingerprint density at radius 2 is 2.00 bits per heavy atom. The molecule has 0 bridgehead atoms. The average molecular weight is 341 g/mol. The van der Waals surface area contributed by atoms with E-state index in [2.05, 4.69) is 15.6 Å². The minimum Gasteiger partial charge on any atom is -0.494 e. The Balaban J connectivity index is 1.75. The first-order valence-electron chi connectivity index (χ1n) is 7.39. The molecule has 3 rings (SSSR count). The maximum atomic E-state index is 13.6. The fraction of sp³-hybridized carbons (Fsp3) is 0.111. The molecule has 1 aromatic heterocycles. The maximum Gasteiger partial charge on any atom is 0.171 e. The standard InChI is InChI=1S/C18H16FN3OS/c1-23-16-9-8-15(13-6-4-10-20-17(13)16)22-18(24)21-11-12-5-2-3-7-14(12)19/h2-10H,11H2,1H3,(H2,21,22,24). The summed E-state index contributed by atoms with van der Waals surface area (Å²) in [6, 6.07) is 14.1. The van der Waals surface area contributed by atoms with Gasteiger partial charge in [0, 0.05) is 29.4 Å². The summed E-state index contributed by atoms with van der Waals surface area (Å²) in [4.78, 5) is 4.35. The maximum absolute atomic E-state index is 13.6. The van der Waals surface area contributed by atoms with Gasteiger partial charge in [0.1, 0.15) is 17.1 Å². The number of fused-ring (bicyclic) bond motifs is 1. The summed E-state index contributed by atoms with van der Waals surface area (Å²) in [5.41, 5.74) is 2.12. The van der Waals surface area contributed by atoms with Crippen LogP contribution in [-0.2, 0) is 6.54 Å². The molecule has 1 heterocycles. The summed E-state index contributed by atoms with van der Waals surface area (Å²) < 4.78 is 19.0. The first-order chi connectivity index (χ1) is 11.7. The van der Waals surface area contributed by atoms with Gasteiger partial charge in [0.2, 0.25) is 0 Å². The number of hydrogen-bond acceptors (Lipinski definition) is 3. The van der Waals surface area contributed by atoms with Crippen molar-refractivity contribution < 1.29 is 9.13 Å². The highest BCUT2D eigenvalue weighted by Crippen LogP contribution is 2.29. The van der Waals surface area contributed by atoms with E-state index in [0.29, 0.717) is 23.0 Å². The second-order valence-corrected chi connectivity index (χ2v) is 5.52. The Kier molecular flexibility index (Phi) is 4.86. The summed E-state index contributed by atoms with van der Waals surface area (Å²) in [6.45, 7) is 0.310. The van der Waals surface area contributed by atoms with Crippen LogP contribution in [0.4, 0.5) is 10.1 Å². The Morgan fingerprint density at radius 1 is 1.17 bits per heavy atom. The highest BCUT2D eigenvalue weighted by molar-refractivity contribution is 7.80. The van der Waals surface area contributed by atoms with Crippen LogP contribution in [0.25, 0.3) is 10.9 Å². The van der Waals surface area contributed by atoms with Gasteiger partial charge in [-0.05, 0) is 42.5 Å². The van der Waals surface area contributed by atoms with Gasteiger partial charge in [-0.15, -0.1) is 0 Å². The predicted octanol–water partition coefficient (Wildman–Crippen LogP) is 3.87. The third kappa shape index (κ3) is 3.44. The molecule has 0 saturated heterocycles. The molecule has 0 saturated carbocycles. The molecular weight excluding hydrogens is 325 g/mol. The van der Waals surface area contributed by atoms with E-state index in [4.69, 9.17) is 17.0 Å². The summed E-state index contributed by atoms with van der Waals surface area (Å²) in [6.07, 6.45) is 1.71. The lowest BCUT2D eigenvalue weighted by Crippen LogP contribution is -2.28. The van der Waals surface area contributed by atoms with Gasteiger partial charge in [0.05, 0.1) is 7.11 Å². The molecule has 0 aliphatic heterocycles. The summed E-state index contributed by atoms with van der Waals surface area (Å²) in [5, 5.41) is 7.44. The van der Waals surface area contributed by atoms with E-state index in [9.17, 15) is 4.39 Å². The number of ether oxygens (including phenoxy) is 1. The third-order valence-electron chi connectivity index (χ3n) is 3.60. The second kappa shape index (κ2) is 7.23. The highest BCUT2D eigenvalue weighted by atomic mass is 32.1. The number of nitrogens with zero attached hydrogens (tertiary/aromatic N) is 1. The first-order valence-corrected chi connectivity index (χ1v) is 7.80. The Bertz CT molecular complexity index is 885. The van der Waals surface area contributed by atoms with Gasteiger partial charge in [-0.1, -0.05) is 18.2 Å². The van der Waals surface area contributed by atoms with Crippen LogP contribution in [0.3, 0.4) is 0 Å². The van der Waals surface area contributed by atoms with Crippen molar-refractivity contribution in [1.29, 1.82) is 0 Å². The molecule has 0 fully saturated rings. The van der Waals surface area contributed by atoms with Crippen LogP contribution < -0.4 is 15.4 Å². The molecule has 2 N–H and O–H groups in total. The molecule has 0 spiro atoms. The minimum absolute atomic E-state index is 0.258. The van der Waals surface area contributed by atoms with Gasteiger partial charge >= 0.3 is 0 Å². The number of aromatic nitrogens is 1. The number of pyridine rings is 1. The van der Waals surface area contributed by atoms with E-state index in [1.165, 1.54) is 6.07 Å². The second-order valence-electron chi connectivity index (χ2n) is 5.11. The van der Waals surface area contributed by atoms with Gasteiger partial charge in [0.25, 0.3) is 0 Å². The van der Waals surface area contributed by atoms with Crippen molar-refractivity contribution in [2.45, 2.75) is 6.54 Å². The van der Waals surface area contributed by atoms with Crippen LogP contribution in [0.2, 0.25) is 0 Å². The lowest BCUT2D eigenvalue weighted by molar-refractivity contribution is 0.419. The van der Waals surface area contributed by atoms with Crippen LogP contribution in [-0.4, -0.2) is 17.2 Å². The molecule has 2 aromatic carbocycles. The molecule has 0 aliphatic carbocycles. The van der Waals surface area contributed by atoms with Crippen LogP contribution in [0.1, 0.15) is 5.56 Å². The molecule has 0 radical (unpaired) electrons. The molecule has 0 amide bonds. The number of halogens is 1. The van der Waals surface area contributed by atoms with Gasteiger partial charge < -0.3 is 15.4 Å². The van der Waals surface area contributed by atoms with E-state index in [1.807, 2.05) is 24.3 Å². The quantitative estimate of drug-likeness (QED) is 0.706. The Hall–Kier alpha value is -2.73. The molecule has 4 nitrogen and oxygen atoms in total. The van der Waals surface area contributed by atoms with Crippen molar-refractivity contribution in [1.82, 2.24) is 10.3 Å². The zero-order chi connectivity index (χ0) is 16.9. The molecule has 122 valence electrons. The normalized spacial score (nSPS) is 10.4. The number of methoxy groups -OCH3 is 1. The van der Waals surface area contributed by atoms with Crippen molar-refractivity contribution in [2.75, 3.05) is 12.4 Å². The number of nitrogens with one attached hydrogen (secondary N) is 2. The van der Waals surface area contributed by atoms with Gasteiger partial charge in [-0.25, -0.2) is 4.39 Å². The van der Waals surface area contributed by atoms with Crippen molar-refractivity contribution in [3.05, 3.63) is 66.1 Å². The van der Waals surface area contributed by atoms with Crippen LogP contribution in [0, 0.1) is 5.82 Å².